The van der Waals surface area contributed by atoms with E-state index >= 15 is 0 Å². The van der Waals surface area contributed by atoms with Crippen LogP contribution in [0, 0.1) is 11.8 Å². The Hall–Kier alpha value is -5.75. The maximum atomic E-state index is 13.9. The number of aliphatic hydroxyl groups is 1. The van der Waals surface area contributed by atoms with Gasteiger partial charge in [0.05, 0.1) is 18.2 Å². The van der Waals surface area contributed by atoms with Gasteiger partial charge in [0.2, 0.25) is 11.8 Å². The Labute approximate surface area is 317 Å². The van der Waals surface area contributed by atoms with Crippen LogP contribution in [0.3, 0.4) is 0 Å². The Morgan fingerprint density at radius 2 is 0.944 bits per heavy atom. The number of hydrogen-bond acceptors (Lipinski definition) is 8. The average Bonchev–Trinajstić information content (AvgIpc) is 3.17. The van der Waals surface area contributed by atoms with Crippen molar-refractivity contribution in [2.75, 3.05) is 0 Å². The van der Waals surface area contributed by atoms with E-state index in [9.17, 15) is 24.3 Å². The van der Waals surface area contributed by atoms with Crippen molar-refractivity contribution in [1.82, 2.24) is 26.3 Å². The molecular formula is C42H51N5O7. The molecule has 0 spiro atoms. The maximum absolute atomic E-state index is 13.9. The maximum Gasteiger partial charge on any atom is 0.408 e. The molecule has 4 rings (SSSR count). The highest BCUT2D eigenvalue weighted by atomic mass is 16.6. The molecule has 0 aliphatic rings. The van der Waals surface area contributed by atoms with Gasteiger partial charge in [0.15, 0.2) is 0 Å². The van der Waals surface area contributed by atoms with Crippen molar-refractivity contribution in [3.05, 3.63) is 138 Å². The molecule has 0 aliphatic carbocycles. The molecule has 5 atom stereocenters. The van der Waals surface area contributed by atoms with Crippen molar-refractivity contribution in [1.29, 1.82) is 0 Å². The lowest BCUT2D eigenvalue weighted by Crippen LogP contribution is -2.61. The molecular weight excluding hydrogens is 686 g/mol. The van der Waals surface area contributed by atoms with Crippen molar-refractivity contribution in [3.8, 4) is 0 Å². The summed E-state index contributed by atoms with van der Waals surface area (Å²) in [5.41, 5.74) is 3.16. The largest absolute Gasteiger partial charge is 0.445 e. The van der Waals surface area contributed by atoms with Gasteiger partial charge in [0.25, 0.3) is 0 Å². The highest BCUT2D eigenvalue weighted by Gasteiger charge is 2.35. The number of benzene rings is 3. The quantitative estimate of drug-likeness (QED) is 0.0941. The molecule has 1 heterocycles. The first-order valence-electron chi connectivity index (χ1n) is 18.2. The van der Waals surface area contributed by atoms with Gasteiger partial charge in [0.1, 0.15) is 25.3 Å². The second-order valence-corrected chi connectivity index (χ2v) is 13.8. The zero-order chi connectivity index (χ0) is 38.9. The van der Waals surface area contributed by atoms with Crippen LogP contribution in [0.25, 0.3) is 0 Å². The lowest BCUT2D eigenvalue weighted by molar-refractivity contribution is -0.126. The molecule has 54 heavy (non-hydrogen) atoms. The van der Waals surface area contributed by atoms with Crippen LogP contribution in [-0.4, -0.2) is 64.4 Å². The Kier molecular flexibility index (Phi) is 16.0. The molecule has 5 N–H and O–H groups in total. The number of aliphatic hydroxyl groups excluding tert-OH is 1. The summed E-state index contributed by atoms with van der Waals surface area (Å²) in [5, 5.41) is 23.5. The van der Waals surface area contributed by atoms with Crippen LogP contribution in [-0.2, 0) is 45.1 Å². The first-order chi connectivity index (χ1) is 26.0. The van der Waals surface area contributed by atoms with Crippen LogP contribution < -0.4 is 21.3 Å². The van der Waals surface area contributed by atoms with Crippen molar-refractivity contribution >= 4 is 24.0 Å². The summed E-state index contributed by atoms with van der Waals surface area (Å²) in [5.74, 6) is -1.73. The predicted octanol–water partition coefficient (Wildman–Crippen LogP) is 5.10. The van der Waals surface area contributed by atoms with Crippen LogP contribution in [0.15, 0.2) is 116 Å². The van der Waals surface area contributed by atoms with E-state index in [-0.39, 0.29) is 37.9 Å². The molecule has 4 amide bonds. The van der Waals surface area contributed by atoms with E-state index in [2.05, 4.69) is 26.3 Å². The molecule has 0 saturated heterocycles. The van der Waals surface area contributed by atoms with Crippen molar-refractivity contribution in [3.63, 3.8) is 0 Å². The number of carbonyl (C=O) groups is 4. The van der Waals surface area contributed by atoms with E-state index in [1.807, 2.05) is 91.0 Å². The van der Waals surface area contributed by atoms with Crippen LogP contribution in [0.4, 0.5) is 9.59 Å². The lowest BCUT2D eigenvalue weighted by Gasteiger charge is -2.34. The van der Waals surface area contributed by atoms with Crippen molar-refractivity contribution < 1.29 is 33.8 Å². The Bertz CT molecular complexity index is 1620. The summed E-state index contributed by atoms with van der Waals surface area (Å²) in [6, 6.07) is 27.6. The number of amides is 4. The third-order valence-electron chi connectivity index (χ3n) is 8.83. The molecule has 0 fully saturated rings. The van der Waals surface area contributed by atoms with Crippen molar-refractivity contribution in [2.24, 2.45) is 11.8 Å². The van der Waals surface area contributed by atoms with Crippen LogP contribution in [0.1, 0.15) is 49.9 Å². The predicted molar refractivity (Wildman–Crippen MR) is 205 cm³/mol. The molecule has 0 bridgehead atoms. The fourth-order valence-electron chi connectivity index (χ4n) is 5.84. The number of aromatic nitrogens is 1. The van der Waals surface area contributed by atoms with E-state index in [1.54, 1.807) is 52.2 Å². The summed E-state index contributed by atoms with van der Waals surface area (Å²) in [6.45, 7) is 7.17. The third-order valence-corrected chi connectivity index (χ3v) is 8.83. The molecule has 4 aromatic rings. The van der Waals surface area contributed by atoms with E-state index < -0.39 is 54.3 Å². The number of hydrogen-bond donors (Lipinski definition) is 5. The van der Waals surface area contributed by atoms with E-state index in [4.69, 9.17) is 9.47 Å². The number of pyridine rings is 1. The SMILES string of the molecule is CC(C)[C@H](NC(=O)OCc1ccccc1)C(=O)NC(Cc1ccccc1)C(O)C(Cc1ccccc1)NC(=O)[C@@H](NC(=O)OCc1cccnc1)C(C)C. The molecule has 0 radical (unpaired) electrons. The van der Waals surface area contributed by atoms with Gasteiger partial charge < -0.3 is 35.8 Å². The number of nitrogens with one attached hydrogen (secondary N) is 4. The molecule has 0 aliphatic heterocycles. The van der Waals surface area contributed by atoms with E-state index in [0.29, 0.717) is 5.56 Å². The molecule has 3 unspecified atom stereocenters. The summed E-state index contributed by atoms with van der Waals surface area (Å²) >= 11 is 0. The fourth-order valence-corrected chi connectivity index (χ4v) is 5.84. The molecule has 3 aromatic carbocycles. The van der Waals surface area contributed by atoms with E-state index in [0.717, 1.165) is 16.7 Å². The first kappa shape index (κ1) is 41.0. The second-order valence-electron chi connectivity index (χ2n) is 13.8. The van der Waals surface area contributed by atoms with Crippen LogP contribution >= 0.6 is 0 Å². The fraction of sp³-hybridized carbons (Fsp3) is 0.357. The summed E-state index contributed by atoms with van der Waals surface area (Å²) in [4.78, 5) is 57.5. The van der Waals surface area contributed by atoms with Crippen LogP contribution in [0.2, 0.25) is 0 Å². The van der Waals surface area contributed by atoms with E-state index in [1.165, 1.54) is 0 Å². The minimum Gasteiger partial charge on any atom is -0.445 e. The Balaban J connectivity index is 1.54. The monoisotopic (exact) mass is 737 g/mol. The number of alkyl carbamates (subject to hydrolysis) is 2. The number of ether oxygens (including phenoxy) is 2. The van der Waals surface area contributed by atoms with Gasteiger partial charge in [0, 0.05) is 18.0 Å². The smallest absolute Gasteiger partial charge is 0.408 e. The van der Waals surface area contributed by atoms with Gasteiger partial charge in [-0.25, -0.2) is 9.59 Å². The minimum absolute atomic E-state index is 0.0285. The summed E-state index contributed by atoms with van der Waals surface area (Å²) in [6.07, 6.45) is 0.763. The van der Waals surface area contributed by atoms with Crippen LogP contribution in [0.5, 0.6) is 0 Å². The number of nitrogens with zero attached hydrogens (tertiary/aromatic N) is 1. The summed E-state index contributed by atoms with van der Waals surface area (Å²) in [7, 11) is 0. The third kappa shape index (κ3) is 13.3. The molecule has 12 heteroatoms. The minimum atomic E-state index is -1.32. The Morgan fingerprint density at radius 1 is 0.556 bits per heavy atom. The molecule has 12 nitrogen and oxygen atoms in total. The molecule has 1 aromatic heterocycles. The number of carbonyl (C=O) groups excluding carboxylic acids is 4. The number of rotatable bonds is 18. The zero-order valence-electron chi connectivity index (χ0n) is 31.2. The van der Waals surface area contributed by atoms with Gasteiger partial charge in [-0.05, 0) is 47.4 Å². The zero-order valence-corrected chi connectivity index (χ0v) is 31.2. The van der Waals surface area contributed by atoms with Gasteiger partial charge in [-0.3, -0.25) is 14.6 Å². The summed E-state index contributed by atoms with van der Waals surface area (Å²) < 4.78 is 10.7. The topological polar surface area (TPSA) is 168 Å². The van der Waals surface area contributed by atoms with Gasteiger partial charge in [-0.1, -0.05) is 125 Å². The standard InChI is InChI=1S/C42H51N5O7/c1-28(2)36(46-41(51)53-26-32-19-12-7-13-20-32)39(49)44-34(23-30-15-8-5-9-16-30)38(48)35(24-31-17-10-6-11-18-31)45-40(50)37(29(3)4)47-42(52)54-27-33-21-14-22-43-25-33/h5-22,25,28-29,34-38,48H,23-24,26-27H2,1-4H3,(H,44,49)(H,45,50)(H,46,51)(H,47,52)/t34?,35?,36-,37-,38?/m0/s1. The lowest BCUT2D eigenvalue weighted by atomic mass is 9.91. The average molecular weight is 738 g/mol. The van der Waals surface area contributed by atoms with Crippen molar-refractivity contribution in [2.45, 2.75) is 84.0 Å². The van der Waals surface area contributed by atoms with Gasteiger partial charge in [-0.2, -0.15) is 0 Å². The second kappa shape index (κ2) is 21.1. The highest BCUT2D eigenvalue weighted by Crippen LogP contribution is 2.16. The first-order valence-corrected chi connectivity index (χ1v) is 18.2. The Morgan fingerprint density at radius 3 is 1.33 bits per heavy atom. The molecule has 0 saturated carbocycles. The van der Waals surface area contributed by atoms with Gasteiger partial charge >= 0.3 is 12.2 Å². The normalized spacial score (nSPS) is 13.8. The van der Waals surface area contributed by atoms with Gasteiger partial charge in [-0.15, -0.1) is 0 Å². The molecule has 286 valence electrons. The highest BCUT2D eigenvalue weighted by molar-refractivity contribution is 5.87.